The molecule has 1 aromatic rings. The topological polar surface area (TPSA) is 55.6 Å². The second kappa shape index (κ2) is 6.52. The molecule has 1 aliphatic heterocycles. The molecule has 1 heterocycles. The number of ether oxygens (including phenoxy) is 1. The van der Waals surface area contributed by atoms with E-state index in [4.69, 9.17) is 10.5 Å². The van der Waals surface area contributed by atoms with Gasteiger partial charge in [-0.05, 0) is 6.07 Å². The lowest BCUT2D eigenvalue weighted by Gasteiger charge is -2.19. The van der Waals surface area contributed by atoms with Gasteiger partial charge in [-0.3, -0.25) is 9.69 Å². The number of nitrogens with two attached hydrogens (primary N) is 1. The van der Waals surface area contributed by atoms with Crippen LogP contribution in [0.2, 0.25) is 0 Å². The zero-order valence-corrected chi connectivity index (χ0v) is 11.5. The number of nitrogens with zero attached hydrogens (tertiary/aromatic N) is 1. The minimum atomic E-state index is -0.979. The Bertz CT molecular complexity index is 504. The summed E-state index contributed by atoms with van der Waals surface area (Å²) < 4.78 is 18.6. The quantitative estimate of drug-likeness (QED) is 0.890. The van der Waals surface area contributed by atoms with E-state index < -0.39 is 18.1 Å². The molecule has 0 radical (unpaired) electrons. The van der Waals surface area contributed by atoms with E-state index in [1.54, 1.807) is 12.0 Å². The van der Waals surface area contributed by atoms with Crippen molar-refractivity contribution >= 4 is 12.0 Å². The summed E-state index contributed by atoms with van der Waals surface area (Å²) in [6, 6.07) is 7.12. The molecule has 0 spiro atoms. The fraction of sp³-hybridized carbons (Fsp3) is 0.400. The minimum Gasteiger partial charge on any atom is -0.496 e. The number of hydrogen-bond donors (Lipinski definition) is 1. The lowest BCUT2D eigenvalue weighted by molar-refractivity contribution is -0.122. The van der Waals surface area contributed by atoms with Crippen molar-refractivity contribution in [1.29, 1.82) is 0 Å². The molecular formula is C15H19FN2O2. The van der Waals surface area contributed by atoms with Gasteiger partial charge in [-0.2, -0.15) is 0 Å². The van der Waals surface area contributed by atoms with E-state index >= 15 is 0 Å². The highest BCUT2D eigenvalue weighted by atomic mass is 19.1. The van der Waals surface area contributed by atoms with Crippen molar-refractivity contribution in [3.8, 4) is 5.75 Å². The first-order valence-corrected chi connectivity index (χ1v) is 6.59. The first kappa shape index (κ1) is 14.5. The van der Waals surface area contributed by atoms with Crippen molar-refractivity contribution in [2.24, 2.45) is 5.73 Å². The number of halogens is 1. The molecule has 2 rings (SSSR count). The van der Waals surface area contributed by atoms with Crippen LogP contribution < -0.4 is 10.5 Å². The maximum Gasteiger partial charge on any atom is 0.234 e. The summed E-state index contributed by atoms with van der Waals surface area (Å²) in [6.45, 7) is 0.746. The molecule has 108 valence electrons. The third-order valence-corrected chi connectivity index (χ3v) is 3.46. The van der Waals surface area contributed by atoms with Gasteiger partial charge in [-0.25, -0.2) is 4.39 Å². The number of benzene rings is 1. The molecule has 1 aliphatic rings. The van der Waals surface area contributed by atoms with Crippen LogP contribution in [0.3, 0.4) is 0 Å². The van der Waals surface area contributed by atoms with Gasteiger partial charge in [0.15, 0.2) is 0 Å². The number of carbonyl (C=O) groups is 1. The van der Waals surface area contributed by atoms with E-state index in [1.165, 1.54) is 0 Å². The largest absolute Gasteiger partial charge is 0.496 e. The van der Waals surface area contributed by atoms with Crippen LogP contribution in [0.4, 0.5) is 4.39 Å². The maximum atomic E-state index is 13.4. The van der Waals surface area contributed by atoms with Crippen molar-refractivity contribution in [3.05, 3.63) is 35.9 Å². The predicted molar refractivity (Wildman–Crippen MR) is 76.1 cm³/mol. The molecule has 1 aromatic carbocycles. The van der Waals surface area contributed by atoms with Crippen LogP contribution in [-0.4, -0.2) is 43.2 Å². The Labute approximate surface area is 118 Å². The first-order valence-electron chi connectivity index (χ1n) is 6.59. The molecule has 0 unspecified atom stereocenters. The zero-order chi connectivity index (χ0) is 14.5. The zero-order valence-electron chi connectivity index (χ0n) is 11.5. The van der Waals surface area contributed by atoms with Gasteiger partial charge >= 0.3 is 0 Å². The summed E-state index contributed by atoms with van der Waals surface area (Å²) in [6.07, 6.45) is 3.01. The molecule has 20 heavy (non-hydrogen) atoms. The molecule has 0 saturated carbocycles. The van der Waals surface area contributed by atoms with Crippen molar-refractivity contribution in [2.45, 2.75) is 18.6 Å². The first-order chi connectivity index (χ1) is 9.61. The maximum absolute atomic E-state index is 13.4. The van der Waals surface area contributed by atoms with Crippen LogP contribution >= 0.6 is 0 Å². The molecule has 4 nitrogen and oxygen atoms in total. The van der Waals surface area contributed by atoms with Gasteiger partial charge in [0.05, 0.1) is 13.2 Å². The normalized spacial score (nSPS) is 23.3. The second-order valence-electron chi connectivity index (χ2n) is 4.85. The molecule has 5 heteroatoms. The molecular weight excluding hydrogens is 259 g/mol. The molecule has 1 fully saturated rings. The Morgan fingerprint density at radius 2 is 2.30 bits per heavy atom. The number of primary amides is 1. The summed E-state index contributed by atoms with van der Waals surface area (Å²) >= 11 is 0. The van der Waals surface area contributed by atoms with Crippen LogP contribution in [0.5, 0.6) is 5.75 Å². The van der Waals surface area contributed by atoms with Gasteiger partial charge < -0.3 is 10.5 Å². The van der Waals surface area contributed by atoms with E-state index in [0.717, 1.165) is 11.3 Å². The van der Waals surface area contributed by atoms with Crippen molar-refractivity contribution in [1.82, 2.24) is 4.90 Å². The van der Waals surface area contributed by atoms with E-state index in [0.29, 0.717) is 6.54 Å². The van der Waals surface area contributed by atoms with Crippen LogP contribution in [0, 0.1) is 0 Å². The van der Waals surface area contributed by atoms with E-state index in [-0.39, 0.29) is 13.0 Å². The van der Waals surface area contributed by atoms with Crippen LogP contribution in [0.15, 0.2) is 30.3 Å². The average Bonchev–Trinajstić information content (AvgIpc) is 2.81. The smallest absolute Gasteiger partial charge is 0.234 e. The Hall–Kier alpha value is -1.88. The fourth-order valence-electron chi connectivity index (χ4n) is 2.46. The Balaban J connectivity index is 2.00. The standard InChI is InChI=1S/C15H19FN2O2/c1-20-14-7-3-2-5-11(14)6-4-8-18-10-12(16)9-13(18)15(17)19/h2-7,12-13H,8-10H2,1H3,(H2,17,19)/b6-4+/t12-,13+/m1/s1. The highest BCUT2D eigenvalue weighted by Gasteiger charge is 2.34. The molecule has 2 atom stereocenters. The fourth-order valence-corrected chi connectivity index (χ4v) is 2.46. The SMILES string of the molecule is COc1ccccc1/C=C/CN1C[C@H](F)C[C@H]1C(N)=O. The number of rotatable bonds is 5. The third-order valence-electron chi connectivity index (χ3n) is 3.46. The van der Waals surface area contributed by atoms with Crippen molar-refractivity contribution in [2.75, 3.05) is 20.2 Å². The van der Waals surface area contributed by atoms with Crippen LogP contribution in [0.25, 0.3) is 6.08 Å². The van der Waals surface area contributed by atoms with Gasteiger partial charge in [0.2, 0.25) is 5.91 Å². The number of amides is 1. The summed E-state index contributed by atoms with van der Waals surface area (Å²) in [7, 11) is 1.62. The van der Waals surface area contributed by atoms with Crippen LogP contribution in [0.1, 0.15) is 12.0 Å². The van der Waals surface area contributed by atoms with E-state index in [2.05, 4.69) is 0 Å². The lowest BCUT2D eigenvalue weighted by atomic mass is 10.2. The Kier molecular flexibility index (Phi) is 4.74. The molecule has 1 amide bonds. The number of hydrogen-bond acceptors (Lipinski definition) is 3. The van der Waals surface area contributed by atoms with Gasteiger partial charge in [0, 0.05) is 25.1 Å². The molecule has 1 saturated heterocycles. The number of alkyl halides is 1. The van der Waals surface area contributed by atoms with E-state index in [9.17, 15) is 9.18 Å². The number of likely N-dealkylation sites (tertiary alicyclic amines) is 1. The molecule has 0 aliphatic carbocycles. The molecule has 0 bridgehead atoms. The lowest BCUT2D eigenvalue weighted by Crippen LogP contribution is -2.40. The molecule has 0 aromatic heterocycles. The number of para-hydroxylation sites is 1. The number of methoxy groups -OCH3 is 1. The van der Waals surface area contributed by atoms with Gasteiger partial charge in [-0.1, -0.05) is 30.4 Å². The van der Waals surface area contributed by atoms with Crippen LogP contribution in [-0.2, 0) is 4.79 Å². The monoisotopic (exact) mass is 278 g/mol. The van der Waals surface area contributed by atoms with Gasteiger partial charge in [0.25, 0.3) is 0 Å². The van der Waals surface area contributed by atoms with Crippen molar-refractivity contribution in [3.63, 3.8) is 0 Å². The van der Waals surface area contributed by atoms with Gasteiger partial charge in [0.1, 0.15) is 11.9 Å². The average molecular weight is 278 g/mol. The van der Waals surface area contributed by atoms with E-state index in [1.807, 2.05) is 36.4 Å². The highest BCUT2D eigenvalue weighted by molar-refractivity contribution is 5.80. The second-order valence-corrected chi connectivity index (χ2v) is 4.85. The summed E-state index contributed by atoms with van der Waals surface area (Å²) in [5.41, 5.74) is 6.23. The number of carbonyl (C=O) groups excluding carboxylic acids is 1. The minimum absolute atomic E-state index is 0.192. The predicted octanol–water partition coefficient (Wildman–Crippen LogP) is 1.61. The highest BCUT2D eigenvalue weighted by Crippen LogP contribution is 2.21. The summed E-state index contributed by atoms with van der Waals surface area (Å²) in [5, 5.41) is 0. The Morgan fingerprint density at radius 3 is 3.00 bits per heavy atom. The third kappa shape index (κ3) is 3.36. The molecule has 2 N–H and O–H groups in total. The summed E-state index contributed by atoms with van der Waals surface area (Å²) in [4.78, 5) is 13.0. The summed E-state index contributed by atoms with van der Waals surface area (Å²) in [5.74, 6) is 0.316. The van der Waals surface area contributed by atoms with Crippen molar-refractivity contribution < 1.29 is 13.9 Å². The Morgan fingerprint density at radius 1 is 1.55 bits per heavy atom. The van der Waals surface area contributed by atoms with Gasteiger partial charge in [-0.15, -0.1) is 0 Å².